The first-order valence-corrected chi connectivity index (χ1v) is 21.3. The molecule has 4 amide bonds. The van der Waals surface area contributed by atoms with E-state index in [1.54, 1.807) is 24.3 Å². The Hall–Kier alpha value is -5.74. The number of nitriles is 1. The van der Waals surface area contributed by atoms with Crippen molar-refractivity contribution in [3.63, 3.8) is 0 Å². The molecule has 3 unspecified atom stereocenters. The van der Waals surface area contributed by atoms with E-state index in [1.165, 1.54) is 5.69 Å². The van der Waals surface area contributed by atoms with Crippen LogP contribution in [0.4, 0.5) is 22.7 Å². The zero-order valence-electron chi connectivity index (χ0n) is 34.0. The van der Waals surface area contributed by atoms with E-state index in [9.17, 15) is 29.5 Å². The number of aliphatic hydroxyl groups is 1. The lowest BCUT2D eigenvalue weighted by Gasteiger charge is -2.42. The summed E-state index contributed by atoms with van der Waals surface area (Å²) in [4.78, 5) is 61.0. The van der Waals surface area contributed by atoms with Crippen LogP contribution in [-0.4, -0.2) is 96.1 Å². The summed E-state index contributed by atoms with van der Waals surface area (Å²) in [7, 11) is 0. The molecule has 9 rings (SSSR count). The summed E-state index contributed by atoms with van der Waals surface area (Å²) in [5, 5.41) is 23.4. The van der Waals surface area contributed by atoms with Gasteiger partial charge in [0.1, 0.15) is 18.3 Å². The SMILES string of the molecule is CCN(CCC1CN(c2ccc(-c3ccc4c(c3)C(C)(C)C(O)N4c3ccc(C#N)c(Cl)c3)cc2)C1)C1CCN(c2ccc3c(c2)C(=O)N(C2CCC(=O)NC2=O)C3=O)C1. The third-order valence-corrected chi connectivity index (χ3v) is 13.7. The Balaban J connectivity index is 0.783. The van der Waals surface area contributed by atoms with Crippen molar-refractivity contribution in [2.24, 2.45) is 5.92 Å². The smallest absolute Gasteiger partial charge is 0.262 e. The van der Waals surface area contributed by atoms with Gasteiger partial charge in [-0.3, -0.25) is 34.3 Å². The highest BCUT2D eigenvalue weighted by Gasteiger charge is 2.46. The first kappa shape index (κ1) is 39.7. The molecule has 0 aliphatic carbocycles. The molecule has 5 aliphatic rings. The van der Waals surface area contributed by atoms with Crippen molar-refractivity contribution in [3.8, 4) is 17.2 Å². The number of rotatable bonds is 10. The van der Waals surface area contributed by atoms with Crippen molar-refractivity contribution < 1.29 is 24.3 Å². The van der Waals surface area contributed by atoms with Gasteiger partial charge in [-0.25, -0.2) is 0 Å². The minimum absolute atomic E-state index is 0.0938. The van der Waals surface area contributed by atoms with E-state index >= 15 is 0 Å². The number of amides is 4. The molecule has 5 aliphatic heterocycles. The van der Waals surface area contributed by atoms with E-state index in [0.717, 1.165) is 90.8 Å². The zero-order chi connectivity index (χ0) is 42.0. The second kappa shape index (κ2) is 15.4. The number of anilines is 4. The van der Waals surface area contributed by atoms with Gasteiger partial charge in [-0.1, -0.05) is 50.6 Å². The molecule has 3 atom stereocenters. The Morgan fingerprint density at radius 3 is 2.27 bits per heavy atom. The largest absolute Gasteiger partial charge is 0.372 e. The second-order valence-electron chi connectivity index (χ2n) is 17.3. The number of carbonyl (C=O) groups excluding carboxylic acids is 4. The molecule has 13 heteroatoms. The number of imide groups is 2. The van der Waals surface area contributed by atoms with Gasteiger partial charge in [0.15, 0.2) is 0 Å². The van der Waals surface area contributed by atoms with E-state index in [0.29, 0.717) is 33.7 Å². The van der Waals surface area contributed by atoms with Crippen LogP contribution in [0.15, 0.2) is 78.9 Å². The average Bonchev–Trinajstić information content (AvgIpc) is 3.87. The summed E-state index contributed by atoms with van der Waals surface area (Å²) >= 11 is 6.37. The molecule has 4 aromatic carbocycles. The molecule has 5 heterocycles. The van der Waals surface area contributed by atoms with Crippen molar-refractivity contribution in [3.05, 3.63) is 106 Å². The summed E-state index contributed by atoms with van der Waals surface area (Å²) in [6, 6.07) is 27.2. The summed E-state index contributed by atoms with van der Waals surface area (Å²) in [5.41, 5.74) is 7.50. The van der Waals surface area contributed by atoms with Crippen molar-refractivity contribution in [2.45, 2.75) is 70.2 Å². The lowest BCUT2D eigenvalue weighted by Crippen LogP contribution is -2.54. The van der Waals surface area contributed by atoms with Gasteiger partial charge in [0, 0.05) is 66.8 Å². The highest BCUT2D eigenvalue weighted by Crippen LogP contribution is 2.49. The average molecular weight is 826 g/mol. The topological polar surface area (TPSA) is 141 Å². The molecule has 3 fully saturated rings. The maximum Gasteiger partial charge on any atom is 0.262 e. The molecule has 0 bridgehead atoms. The van der Waals surface area contributed by atoms with Crippen LogP contribution in [0.3, 0.4) is 0 Å². The van der Waals surface area contributed by atoms with E-state index in [4.69, 9.17) is 11.6 Å². The number of nitrogens with zero attached hydrogens (tertiary/aromatic N) is 6. The number of aliphatic hydroxyl groups excluding tert-OH is 1. The predicted octanol–water partition coefficient (Wildman–Crippen LogP) is 6.45. The molecule has 2 N–H and O–H groups in total. The fourth-order valence-corrected chi connectivity index (χ4v) is 9.98. The number of nitrogens with one attached hydrogen (secondary N) is 1. The number of halogens is 1. The van der Waals surface area contributed by atoms with Gasteiger partial charge in [0.2, 0.25) is 11.8 Å². The van der Waals surface area contributed by atoms with Crippen LogP contribution in [-0.2, 0) is 15.0 Å². The summed E-state index contributed by atoms with van der Waals surface area (Å²) in [5.74, 6) is -1.34. The normalized spacial score (nSPS) is 22.3. The van der Waals surface area contributed by atoms with Crippen LogP contribution in [0.25, 0.3) is 11.1 Å². The van der Waals surface area contributed by atoms with E-state index in [1.807, 2.05) is 30.9 Å². The van der Waals surface area contributed by atoms with Gasteiger partial charge in [0.25, 0.3) is 11.8 Å². The molecule has 12 nitrogen and oxygen atoms in total. The van der Waals surface area contributed by atoms with Crippen LogP contribution in [0, 0.1) is 17.2 Å². The molecular weight excluding hydrogens is 778 g/mol. The number of benzene rings is 4. The van der Waals surface area contributed by atoms with Crippen LogP contribution in [0.5, 0.6) is 0 Å². The second-order valence-corrected chi connectivity index (χ2v) is 17.7. The maximum absolute atomic E-state index is 13.4. The first-order chi connectivity index (χ1) is 28.9. The van der Waals surface area contributed by atoms with Gasteiger partial charge in [-0.15, -0.1) is 0 Å². The van der Waals surface area contributed by atoms with E-state index in [-0.39, 0.29) is 18.7 Å². The molecule has 60 heavy (non-hydrogen) atoms. The van der Waals surface area contributed by atoms with Crippen LogP contribution >= 0.6 is 11.6 Å². The van der Waals surface area contributed by atoms with Gasteiger partial charge in [-0.05, 0) is 116 Å². The minimum Gasteiger partial charge on any atom is -0.372 e. The van der Waals surface area contributed by atoms with Crippen LogP contribution in [0.2, 0.25) is 5.02 Å². The molecule has 0 aromatic heterocycles. The third kappa shape index (κ3) is 6.79. The van der Waals surface area contributed by atoms with Gasteiger partial charge < -0.3 is 19.8 Å². The number of piperidine rings is 1. The van der Waals surface area contributed by atoms with Crippen LogP contribution in [0.1, 0.15) is 78.3 Å². The summed E-state index contributed by atoms with van der Waals surface area (Å²) < 4.78 is 0. The molecule has 0 spiro atoms. The minimum atomic E-state index is -0.972. The predicted molar refractivity (Wildman–Crippen MR) is 231 cm³/mol. The Morgan fingerprint density at radius 2 is 1.55 bits per heavy atom. The van der Waals surface area contributed by atoms with Crippen molar-refractivity contribution in [1.82, 2.24) is 15.1 Å². The number of likely N-dealkylation sites (N-methyl/N-ethyl adjacent to an activating group) is 1. The first-order valence-electron chi connectivity index (χ1n) is 20.9. The Labute approximate surface area is 354 Å². The molecule has 0 saturated carbocycles. The number of hydrogen-bond donors (Lipinski definition) is 2. The monoisotopic (exact) mass is 825 g/mol. The Morgan fingerprint density at radius 1 is 0.833 bits per heavy atom. The van der Waals surface area contributed by atoms with Gasteiger partial charge >= 0.3 is 0 Å². The molecular formula is C47H48ClN7O5. The highest BCUT2D eigenvalue weighted by atomic mass is 35.5. The van der Waals surface area contributed by atoms with Crippen molar-refractivity contribution in [1.29, 1.82) is 5.26 Å². The lowest BCUT2D eigenvalue weighted by atomic mass is 9.84. The standard InChI is InChI=1S/C47H48ClN7O5/c1-4-51(35-18-20-52(27-35)33-12-13-36-37(22-33)45(59)55(44(36)58)41-15-16-42(56)50-43(41)57)19-17-28-25-53(26-28)32-9-5-29(6-10-32)30-8-14-40-38(21-30)47(2,3)46(60)54(40)34-11-7-31(24-49)39(48)23-34/h5-14,21-23,28,35,41,46,60H,4,15-20,25-27H2,1-3H3,(H,50,56,57). The number of fused-ring (bicyclic) bond motifs is 2. The van der Waals surface area contributed by atoms with Gasteiger partial charge in [0.05, 0.1) is 21.7 Å². The molecule has 0 radical (unpaired) electrons. The van der Waals surface area contributed by atoms with Crippen LogP contribution < -0.4 is 20.0 Å². The zero-order valence-corrected chi connectivity index (χ0v) is 34.8. The fourth-order valence-electron chi connectivity index (χ4n) is 9.77. The lowest BCUT2D eigenvalue weighted by molar-refractivity contribution is -0.136. The summed E-state index contributed by atoms with van der Waals surface area (Å²) in [6.07, 6.45) is 1.56. The van der Waals surface area contributed by atoms with E-state index in [2.05, 4.69) is 75.5 Å². The van der Waals surface area contributed by atoms with E-state index < -0.39 is 35.4 Å². The fraction of sp³-hybridized carbons (Fsp3) is 0.383. The maximum atomic E-state index is 13.4. The number of carbonyl (C=O) groups is 4. The Kier molecular flexibility index (Phi) is 10.2. The van der Waals surface area contributed by atoms with Crippen molar-refractivity contribution >= 4 is 58.0 Å². The molecule has 308 valence electrons. The quantitative estimate of drug-likeness (QED) is 0.172. The Bertz CT molecular complexity index is 2460. The molecule has 4 aromatic rings. The summed E-state index contributed by atoms with van der Waals surface area (Å²) in [6.45, 7) is 12.0. The molecule has 3 saturated heterocycles. The van der Waals surface area contributed by atoms with Crippen molar-refractivity contribution in [2.75, 3.05) is 54.0 Å². The van der Waals surface area contributed by atoms with Gasteiger partial charge in [-0.2, -0.15) is 5.26 Å². The highest BCUT2D eigenvalue weighted by molar-refractivity contribution is 6.32. The third-order valence-electron chi connectivity index (χ3n) is 13.4. The number of hydrogen-bond acceptors (Lipinski definition) is 10.